The standard InChI is InChI=1S/C19H19N5OS/c1-13-11-16(23-19-20-8-10-26-19)22-17(21-13)15-7-9-24(12-15)18(25)14-5-3-2-4-6-14/h2-6,8,10-11,15H,7,9,12H2,1H3,(H,20,21,22,23). The Bertz CT molecular complexity index is 898. The molecule has 1 saturated heterocycles. The molecule has 26 heavy (non-hydrogen) atoms. The van der Waals surface area contributed by atoms with Crippen molar-refractivity contribution < 1.29 is 4.79 Å². The van der Waals surface area contributed by atoms with Gasteiger partial charge in [-0.05, 0) is 25.5 Å². The lowest BCUT2D eigenvalue weighted by atomic mass is 10.1. The van der Waals surface area contributed by atoms with E-state index in [-0.39, 0.29) is 11.8 Å². The Morgan fingerprint density at radius 1 is 1.27 bits per heavy atom. The van der Waals surface area contributed by atoms with Gasteiger partial charge in [-0.2, -0.15) is 0 Å². The molecule has 0 bridgehead atoms. The highest BCUT2D eigenvalue weighted by Gasteiger charge is 2.30. The van der Waals surface area contributed by atoms with Crippen molar-refractivity contribution in [3.05, 3.63) is 65.1 Å². The zero-order valence-electron chi connectivity index (χ0n) is 14.4. The van der Waals surface area contributed by atoms with Crippen molar-refractivity contribution in [1.29, 1.82) is 0 Å². The maximum Gasteiger partial charge on any atom is 0.253 e. The van der Waals surface area contributed by atoms with Gasteiger partial charge in [-0.3, -0.25) is 4.79 Å². The first-order valence-electron chi connectivity index (χ1n) is 8.55. The minimum absolute atomic E-state index is 0.0712. The van der Waals surface area contributed by atoms with E-state index < -0.39 is 0 Å². The van der Waals surface area contributed by atoms with E-state index in [4.69, 9.17) is 0 Å². The summed E-state index contributed by atoms with van der Waals surface area (Å²) in [7, 11) is 0. The second-order valence-corrected chi connectivity index (χ2v) is 7.21. The first-order valence-corrected chi connectivity index (χ1v) is 9.43. The van der Waals surface area contributed by atoms with Crippen LogP contribution in [0.5, 0.6) is 0 Å². The average molecular weight is 365 g/mol. The smallest absolute Gasteiger partial charge is 0.253 e. The number of likely N-dealkylation sites (tertiary alicyclic amines) is 1. The Morgan fingerprint density at radius 2 is 2.12 bits per heavy atom. The minimum Gasteiger partial charge on any atom is -0.338 e. The van der Waals surface area contributed by atoms with Gasteiger partial charge >= 0.3 is 0 Å². The van der Waals surface area contributed by atoms with Crippen LogP contribution in [0.15, 0.2) is 48.0 Å². The molecule has 1 atom stereocenters. The van der Waals surface area contributed by atoms with E-state index >= 15 is 0 Å². The summed E-state index contributed by atoms with van der Waals surface area (Å²) in [5.74, 6) is 1.75. The van der Waals surface area contributed by atoms with Crippen molar-refractivity contribution in [2.75, 3.05) is 18.4 Å². The molecular weight excluding hydrogens is 346 g/mol. The Hall–Kier alpha value is -2.80. The van der Waals surface area contributed by atoms with Crippen LogP contribution in [0.25, 0.3) is 0 Å². The number of benzene rings is 1. The molecule has 0 spiro atoms. The van der Waals surface area contributed by atoms with Crippen LogP contribution in [-0.4, -0.2) is 38.8 Å². The van der Waals surface area contributed by atoms with Gasteiger partial charge in [0, 0.05) is 47.9 Å². The van der Waals surface area contributed by atoms with E-state index in [2.05, 4.69) is 20.3 Å². The number of hydrogen-bond donors (Lipinski definition) is 1. The molecule has 3 aromatic rings. The van der Waals surface area contributed by atoms with Crippen molar-refractivity contribution in [3.8, 4) is 0 Å². The van der Waals surface area contributed by atoms with E-state index in [0.717, 1.165) is 41.0 Å². The van der Waals surface area contributed by atoms with Crippen molar-refractivity contribution in [1.82, 2.24) is 19.9 Å². The number of hydrogen-bond acceptors (Lipinski definition) is 6. The molecular formula is C19H19N5OS. The van der Waals surface area contributed by atoms with Crippen LogP contribution in [0.4, 0.5) is 10.9 Å². The van der Waals surface area contributed by atoms with E-state index in [1.807, 2.05) is 53.6 Å². The van der Waals surface area contributed by atoms with Gasteiger partial charge in [0.15, 0.2) is 5.13 Å². The van der Waals surface area contributed by atoms with E-state index in [0.29, 0.717) is 6.54 Å². The van der Waals surface area contributed by atoms with Gasteiger partial charge in [0.2, 0.25) is 0 Å². The van der Waals surface area contributed by atoms with Gasteiger partial charge in [0.05, 0.1) is 0 Å². The fourth-order valence-corrected chi connectivity index (χ4v) is 3.69. The molecule has 7 heteroatoms. The first-order chi connectivity index (χ1) is 12.7. The van der Waals surface area contributed by atoms with Crippen LogP contribution in [0, 0.1) is 6.92 Å². The van der Waals surface area contributed by atoms with Gasteiger partial charge in [-0.15, -0.1) is 11.3 Å². The third kappa shape index (κ3) is 3.57. The molecule has 1 aliphatic heterocycles. The Labute approximate surface area is 155 Å². The molecule has 6 nitrogen and oxygen atoms in total. The second-order valence-electron chi connectivity index (χ2n) is 6.32. The fourth-order valence-electron chi connectivity index (χ4n) is 3.15. The Kier molecular flexibility index (Phi) is 4.62. The molecule has 1 fully saturated rings. The largest absolute Gasteiger partial charge is 0.338 e. The number of aryl methyl sites for hydroxylation is 1. The van der Waals surface area contributed by atoms with Gasteiger partial charge in [-0.25, -0.2) is 15.0 Å². The maximum absolute atomic E-state index is 12.6. The number of carbonyl (C=O) groups is 1. The quantitative estimate of drug-likeness (QED) is 0.765. The fraction of sp³-hybridized carbons (Fsp3) is 0.263. The maximum atomic E-state index is 12.6. The van der Waals surface area contributed by atoms with Crippen LogP contribution in [0.1, 0.15) is 34.2 Å². The highest BCUT2D eigenvalue weighted by molar-refractivity contribution is 7.13. The summed E-state index contributed by atoms with van der Waals surface area (Å²) in [6.07, 6.45) is 2.63. The lowest BCUT2D eigenvalue weighted by Crippen LogP contribution is -2.28. The first kappa shape index (κ1) is 16.7. The zero-order chi connectivity index (χ0) is 17.9. The van der Waals surface area contributed by atoms with Crippen molar-refractivity contribution in [2.45, 2.75) is 19.3 Å². The van der Waals surface area contributed by atoms with Crippen LogP contribution >= 0.6 is 11.3 Å². The third-order valence-corrected chi connectivity index (χ3v) is 5.09. The molecule has 0 radical (unpaired) electrons. The summed E-state index contributed by atoms with van der Waals surface area (Å²) in [5.41, 5.74) is 1.63. The number of aromatic nitrogens is 3. The monoisotopic (exact) mass is 365 g/mol. The molecule has 1 amide bonds. The van der Waals surface area contributed by atoms with Gasteiger partial charge in [0.1, 0.15) is 11.6 Å². The number of rotatable bonds is 4. The van der Waals surface area contributed by atoms with Crippen LogP contribution < -0.4 is 5.32 Å². The summed E-state index contributed by atoms with van der Waals surface area (Å²) < 4.78 is 0. The second kappa shape index (κ2) is 7.21. The van der Waals surface area contributed by atoms with E-state index in [1.54, 1.807) is 6.20 Å². The lowest BCUT2D eigenvalue weighted by Gasteiger charge is -2.16. The number of amides is 1. The molecule has 0 saturated carbocycles. The van der Waals surface area contributed by atoms with Crippen molar-refractivity contribution >= 4 is 28.2 Å². The van der Waals surface area contributed by atoms with Gasteiger partial charge in [0.25, 0.3) is 5.91 Å². The molecule has 0 aliphatic carbocycles. The molecule has 1 N–H and O–H groups in total. The molecule has 2 aromatic heterocycles. The number of thiazole rings is 1. The molecule has 4 rings (SSSR count). The van der Waals surface area contributed by atoms with Crippen molar-refractivity contribution in [3.63, 3.8) is 0 Å². The lowest BCUT2D eigenvalue weighted by molar-refractivity contribution is 0.0790. The summed E-state index contributed by atoms with van der Waals surface area (Å²) in [4.78, 5) is 28.0. The average Bonchev–Trinajstić information content (AvgIpc) is 3.33. The number of carbonyl (C=O) groups excluding carboxylic acids is 1. The molecule has 1 unspecified atom stereocenters. The molecule has 3 heterocycles. The predicted octanol–water partition coefficient (Wildman–Crippen LogP) is 3.61. The van der Waals surface area contributed by atoms with Gasteiger partial charge < -0.3 is 10.2 Å². The van der Waals surface area contributed by atoms with Crippen LogP contribution in [0.2, 0.25) is 0 Å². The van der Waals surface area contributed by atoms with Crippen LogP contribution in [0.3, 0.4) is 0 Å². The topological polar surface area (TPSA) is 71.0 Å². The SMILES string of the molecule is Cc1cc(Nc2nccs2)nc(C2CCN(C(=O)c3ccccc3)C2)n1. The Balaban J connectivity index is 1.50. The predicted molar refractivity (Wildman–Crippen MR) is 102 cm³/mol. The highest BCUT2D eigenvalue weighted by Crippen LogP contribution is 2.27. The number of nitrogens with one attached hydrogen (secondary N) is 1. The van der Waals surface area contributed by atoms with E-state index in [1.165, 1.54) is 11.3 Å². The minimum atomic E-state index is 0.0712. The summed E-state index contributed by atoms with van der Waals surface area (Å²) in [6.45, 7) is 3.33. The number of nitrogens with zero attached hydrogens (tertiary/aromatic N) is 4. The normalized spacial score (nSPS) is 16.7. The molecule has 1 aromatic carbocycles. The highest BCUT2D eigenvalue weighted by atomic mass is 32.1. The molecule has 132 valence electrons. The number of anilines is 2. The summed E-state index contributed by atoms with van der Waals surface area (Å²) in [6, 6.07) is 11.3. The zero-order valence-corrected chi connectivity index (χ0v) is 15.2. The summed E-state index contributed by atoms with van der Waals surface area (Å²) >= 11 is 1.53. The van der Waals surface area contributed by atoms with Crippen LogP contribution in [-0.2, 0) is 0 Å². The van der Waals surface area contributed by atoms with Crippen molar-refractivity contribution in [2.24, 2.45) is 0 Å². The van der Waals surface area contributed by atoms with E-state index in [9.17, 15) is 4.79 Å². The third-order valence-electron chi connectivity index (χ3n) is 4.40. The van der Waals surface area contributed by atoms with Gasteiger partial charge in [-0.1, -0.05) is 18.2 Å². The molecule has 1 aliphatic rings. The Morgan fingerprint density at radius 3 is 2.88 bits per heavy atom. The summed E-state index contributed by atoms with van der Waals surface area (Å²) in [5, 5.41) is 5.95.